The molecule has 4 aliphatic rings. The standard InChI is InChI=1S/C15H26N4S/c1-3-5-16-14(20)17-13-12-8-18-6-7-19(9-12)11-15(13,4-2)10-18/h3,12-13H,1,4-11H2,2H3,(H2,16,17,20). The van der Waals surface area contributed by atoms with Gasteiger partial charge in [-0.15, -0.1) is 6.58 Å². The van der Waals surface area contributed by atoms with Crippen molar-refractivity contribution >= 4 is 17.3 Å². The number of rotatable bonds is 4. The van der Waals surface area contributed by atoms with Crippen molar-refractivity contribution in [2.45, 2.75) is 19.4 Å². The third kappa shape index (κ3) is 2.47. The van der Waals surface area contributed by atoms with Gasteiger partial charge in [0.05, 0.1) is 0 Å². The van der Waals surface area contributed by atoms with E-state index in [1.165, 1.54) is 45.7 Å². The second kappa shape index (κ2) is 5.62. The van der Waals surface area contributed by atoms with Crippen LogP contribution in [0.3, 0.4) is 0 Å². The van der Waals surface area contributed by atoms with Crippen molar-refractivity contribution in [2.75, 3.05) is 45.8 Å². The molecule has 4 saturated heterocycles. The molecule has 4 fully saturated rings. The minimum atomic E-state index is 0.359. The van der Waals surface area contributed by atoms with Crippen molar-refractivity contribution in [1.82, 2.24) is 20.4 Å². The fourth-order valence-electron chi connectivity index (χ4n) is 4.39. The van der Waals surface area contributed by atoms with E-state index in [2.05, 4.69) is 33.9 Å². The molecule has 0 aromatic heterocycles. The van der Waals surface area contributed by atoms with Gasteiger partial charge in [-0.2, -0.15) is 0 Å². The van der Waals surface area contributed by atoms with E-state index < -0.39 is 0 Å². The Labute approximate surface area is 127 Å². The van der Waals surface area contributed by atoms with Crippen molar-refractivity contribution in [2.24, 2.45) is 11.3 Å². The Morgan fingerprint density at radius 1 is 1.35 bits per heavy atom. The van der Waals surface area contributed by atoms with E-state index in [0.717, 1.165) is 11.7 Å². The highest BCUT2D eigenvalue weighted by molar-refractivity contribution is 7.80. The van der Waals surface area contributed by atoms with Gasteiger partial charge in [0.1, 0.15) is 0 Å². The van der Waals surface area contributed by atoms with Crippen LogP contribution >= 0.6 is 12.2 Å². The van der Waals surface area contributed by atoms with E-state index in [1.54, 1.807) is 0 Å². The third-order valence-corrected chi connectivity index (χ3v) is 5.59. The van der Waals surface area contributed by atoms with Gasteiger partial charge in [-0.25, -0.2) is 0 Å². The minimum Gasteiger partial charge on any atom is -0.359 e. The molecule has 4 nitrogen and oxygen atoms in total. The van der Waals surface area contributed by atoms with Gasteiger partial charge >= 0.3 is 0 Å². The molecule has 4 bridgehead atoms. The molecule has 0 aromatic rings. The van der Waals surface area contributed by atoms with Gasteiger partial charge in [-0.1, -0.05) is 13.0 Å². The fraction of sp³-hybridized carbons (Fsp3) is 0.800. The maximum Gasteiger partial charge on any atom is 0.166 e. The van der Waals surface area contributed by atoms with Crippen LogP contribution in [0.5, 0.6) is 0 Å². The van der Waals surface area contributed by atoms with Crippen LogP contribution in [-0.2, 0) is 0 Å². The van der Waals surface area contributed by atoms with E-state index in [4.69, 9.17) is 12.2 Å². The number of hydrogen-bond donors (Lipinski definition) is 2. The molecule has 4 aliphatic heterocycles. The quantitative estimate of drug-likeness (QED) is 0.588. The molecule has 20 heavy (non-hydrogen) atoms. The largest absolute Gasteiger partial charge is 0.359 e. The van der Waals surface area contributed by atoms with Crippen molar-refractivity contribution in [1.29, 1.82) is 0 Å². The highest BCUT2D eigenvalue weighted by Gasteiger charge is 2.53. The Bertz CT molecular complexity index is 381. The first-order valence-corrected chi connectivity index (χ1v) is 8.17. The molecule has 0 aromatic carbocycles. The van der Waals surface area contributed by atoms with Crippen LogP contribution in [0, 0.1) is 11.3 Å². The zero-order valence-corrected chi connectivity index (χ0v) is 13.2. The first-order valence-electron chi connectivity index (χ1n) is 7.77. The summed E-state index contributed by atoms with van der Waals surface area (Å²) in [6, 6.07) is 0.517. The van der Waals surface area contributed by atoms with Gasteiger partial charge in [-0.05, 0) is 18.6 Å². The van der Waals surface area contributed by atoms with E-state index in [9.17, 15) is 0 Å². The Morgan fingerprint density at radius 3 is 2.55 bits per heavy atom. The molecular formula is C15H26N4S. The molecule has 0 amide bonds. The molecule has 2 N–H and O–H groups in total. The summed E-state index contributed by atoms with van der Waals surface area (Å²) in [6.45, 7) is 14.2. The molecule has 4 heterocycles. The number of piperidine rings is 2. The summed E-state index contributed by atoms with van der Waals surface area (Å²) in [5.41, 5.74) is 0.359. The Morgan fingerprint density at radius 2 is 2.00 bits per heavy atom. The van der Waals surface area contributed by atoms with Gasteiger partial charge in [0.15, 0.2) is 5.11 Å². The summed E-state index contributed by atoms with van der Waals surface area (Å²) in [7, 11) is 0. The monoisotopic (exact) mass is 294 g/mol. The molecule has 0 aliphatic carbocycles. The maximum atomic E-state index is 5.45. The highest BCUT2D eigenvalue weighted by atomic mass is 32.1. The normalized spacial score (nSPS) is 42.0. The zero-order valence-electron chi connectivity index (χ0n) is 12.4. The van der Waals surface area contributed by atoms with Crippen LogP contribution in [0.1, 0.15) is 13.3 Å². The van der Waals surface area contributed by atoms with Gasteiger partial charge in [-0.3, -0.25) is 0 Å². The van der Waals surface area contributed by atoms with Crippen LogP contribution in [0.2, 0.25) is 0 Å². The summed E-state index contributed by atoms with van der Waals surface area (Å²) in [5, 5.41) is 7.65. The van der Waals surface area contributed by atoms with E-state index in [0.29, 0.717) is 17.4 Å². The lowest BCUT2D eigenvalue weighted by Gasteiger charge is -2.55. The topological polar surface area (TPSA) is 30.5 Å². The second-order valence-corrected chi connectivity index (χ2v) is 6.98. The van der Waals surface area contributed by atoms with E-state index in [1.807, 2.05) is 6.08 Å². The molecule has 0 spiro atoms. The van der Waals surface area contributed by atoms with Crippen LogP contribution in [0.4, 0.5) is 0 Å². The van der Waals surface area contributed by atoms with Crippen LogP contribution in [-0.4, -0.2) is 66.8 Å². The average Bonchev–Trinajstić information content (AvgIpc) is 2.68. The van der Waals surface area contributed by atoms with Crippen LogP contribution < -0.4 is 10.6 Å². The zero-order chi connectivity index (χ0) is 14.2. The molecule has 0 saturated carbocycles. The maximum absolute atomic E-state index is 5.45. The number of fused-ring (bicyclic) bond motifs is 1. The lowest BCUT2D eigenvalue weighted by atomic mass is 9.66. The number of nitrogens with zero attached hydrogens (tertiary/aromatic N) is 2. The molecule has 5 heteroatoms. The van der Waals surface area contributed by atoms with Crippen LogP contribution in [0.25, 0.3) is 0 Å². The number of thiocarbonyl (C=S) groups is 1. The molecule has 4 rings (SSSR count). The molecule has 112 valence electrons. The predicted octanol–water partition coefficient (Wildman–Crippen LogP) is 0.663. The Balaban J connectivity index is 1.76. The Hall–Kier alpha value is -0.650. The van der Waals surface area contributed by atoms with E-state index in [-0.39, 0.29) is 0 Å². The van der Waals surface area contributed by atoms with Crippen molar-refractivity contribution in [3.05, 3.63) is 12.7 Å². The summed E-state index contributed by atoms with van der Waals surface area (Å²) in [4.78, 5) is 5.33. The average molecular weight is 294 g/mol. The SMILES string of the molecule is C=CCNC(=S)NC1C2CN3CCN(C2)CC1(CC)C3. The fourth-order valence-corrected chi connectivity index (χ4v) is 4.60. The van der Waals surface area contributed by atoms with Crippen molar-refractivity contribution < 1.29 is 0 Å². The van der Waals surface area contributed by atoms with E-state index >= 15 is 0 Å². The lowest BCUT2D eigenvalue weighted by Crippen LogP contribution is -2.69. The number of nitrogens with one attached hydrogen (secondary N) is 2. The second-order valence-electron chi connectivity index (χ2n) is 6.57. The number of hydrogen-bond acceptors (Lipinski definition) is 3. The first kappa shape index (κ1) is 14.3. The van der Waals surface area contributed by atoms with Gasteiger partial charge in [0.25, 0.3) is 0 Å². The summed E-state index contributed by atoms with van der Waals surface area (Å²) < 4.78 is 0. The van der Waals surface area contributed by atoms with Gasteiger partial charge in [0, 0.05) is 63.2 Å². The molecule has 3 unspecified atom stereocenters. The molecule has 0 radical (unpaired) electrons. The summed E-state index contributed by atoms with van der Waals surface area (Å²) in [5.74, 6) is 0.698. The van der Waals surface area contributed by atoms with Crippen molar-refractivity contribution in [3.8, 4) is 0 Å². The predicted molar refractivity (Wildman–Crippen MR) is 86.8 cm³/mol. The molecule has 3 atom stereocenters. The van der Waals surface area contributed by atoms with Gasteiger partial charge in [0.2, 0.25) is 0 Å². The summed E-state index contributed by atoms with van der Waals surface area (Å²) in [6.07, 6.45) is 3.07. The van der Waals surface area contributed by atoms with Crippen LogP contribution in [0.15, 0.2) is 12.7 Å². The van der Waals surface area contributed by atoms with Gasteiger partial charge < -0.3 is 20.4 Å². The first-order chi connectivity index (χ1) is 9.66. The lowest BCUT2D eigenvalue weighted by molar-refractivity contribution is -0.0271. The Kier molecular flexibility index (Phi) is 4.02. The summed E-state index contributed by atoms with van der Waals surface area (Å²) >= 11 is 5.45. The minimum absolute atomic E-state index is 0.359. The smallest absolute Gasteiger partial charge is 0.166 e. The molecular weight excluding hydrogens is 268 g/mol. The third-order valence-electron chi connectivity index (χ3n) is 5.32. The highest BCUT2D eigenvalue weighted by Crippen LogP contribution is 2.42. The van der Waals surface area contributed by atoms with Crippen molar-refractivity contribution in [3.63, 3.8) is 0 Å².